The maximum Gasteiger partial charge on any atom is 0.271 e. The van der Waals surface area contributed by atoms with Crippen molar-refractivity contribution in [2.75, 3.05) is 6.61 Å². The van der Waals surface area contributed by atoms with Gasteiger partial charge < -0.3 is 10.5 Å². The number of carbonyl (C=O) groups is 1. The number of halogens is 1. The second-order valence-electron chi connectivity index (χ2n) is 4.23. The fourth-order valence-corrected chi connectivity index (χ4v) is 2.09. The van der Waals surface area contributed by atoms with Gasteiger partial charge in [0.2, 0.25) is 0 Å². The Bertz CT molecular complexity index is 612. The number of amides is 1. The minimum atomic E-state index is -0.631. The minimum absolute atomic E-state index is 0.100. The molecular weight excluding hydrogens is 324 g/mol. The zero-order chi connectivity index (χ0) is 14.5. The number of hydrogen-bond acceptors (Lipinski definition) is 4. The van der Waals surface area contributed by atoms with Gasteiger partial charge in [0.25, 0.3) is 5.91 Å². The molecule has 0 aliphatic rings. The zero-order valence-corrected chi connectivity index (χ0v) is 12.6. The summed E-state index contributed by atoms with van der Waals surface area (Å²) in [6, 6.07) is 5.52. The Labute approximate surface area is 124 Å². The number of H-pyrrole nitrogens is 1. The van der Waals surface area contributed by atoms with Gasteiger partial charge in [-0.05, 0) is 24.6 Å². The van der Waals surface area contributed by atoms with E-state index in [4.69, 9.17) is 10.5 Å². The standard InChI is InChI=1S/C13H15BrN4O2/c1-2-3-6-20-10-5-4-8(14)7-9(10)11-12(13(15)19)17-18-16-11/h4-5,7H,2-3,6H2,1H3,(H2,15,19)(H,16,17,18). The Hall–Kier alpha value is -1.89. The van der Waals surface area contributed by atoms with Crippen molar-refractivity contribution in [3.8, 4) is 17.0 Å². The SMILES string of the molecule is CCCCOc1ccc(Br)cc1-c1n[nH]nc1C(N)=O. The number of rotatable bonds is 6. The summed E-state index contributed by atoms with van der Waals surface area (Å²) in [5.41, 5.74) is 6.47. The summed E-state index contributed by atoms with van der Waals surface area (Å²) in [6.45, 7) is 2.70. The minimum Gasteiger partial charge on any atom is -0.493 e. The molecule has 0 aliphatic carbocycles. The van der Waals surface area contributed by atoms with Crippen LogP contribution in [0.2, 0.25) is 0 Å². The lowest BCUT2D eigenvalue weighted by Gasteiger charge is -2.10. The van der Waals surface area contributed by atoms with E-state index in [-0.39, 0.29) is 5.69 Å². The monoisotopic (exact) mass is 338 g/mol. The van der Waals surface area contributed by atoms with Crippen molar-refractivity contribution in [3.63, 3.8) is 0 Å². The van der Waals surface area contributed by atoms with Crippen LogP contribution in [0.5, 0.6) is 5.75 Å². The molecule has 2 aromatic rings. The normalized spacial score (nSPS) is 10.5. The second-order valence-corrected chi connectivity index (χ2v) is 5.14. The van der Waals surface area contributed by atoms with Gasteiger partial charge in [-0.2, -0.15) is 15.4 Å². The summed E-state index contributed by atoms with van der Waals surface area (Å²) in [5.74, 6) is 0.0197. The molecule has 0 spiro atoms. The lowest BCUT2D eigenvalue weighted by molar-refractivity contribution is 0.0996. The predicted octanol–water partition coefficient (Wildman–Crippen LogP) is 2.51. The first-order valence-corrected chi connectivity index (χ1v) is 7.06. The highest BCUT2D eigenvalue weighted by atomic mass is 79.9. The Morgan fingerprint density at radius 3 is 2.95 bits per heavy atom. The summed E-state index contributed by atoms with van der Waals surface area (Å²) in [7, 11) is 0. The number of nitrogens with two attached hydrogens (primary N) is 1. The molecule has 3 N–H and O–H groups in total. The molecule has 0 saturated heterocycles. The molecule has 0 bridgehead atoms. The van der Waals surface area contributed by atoms with E-state index >= 15 is 0 Å². The van der Waals surface area contributed by atoms with Crippen LogP contribution in [0, 0.1) is 0 Å². The summed E-state index contributed by atoms with van der Waals surface area (Å²) < 4.78 is 6.59. The molecular formula is C13H15BrN4O2. The van der Waals surface area contributed by atoms with Crippen LogP contribution in [0.4, 0.5) is 0 Å². The van der Waals surface area contributed by atoms with Crippen LogP contribution < -0.4 is 10.5 Å². The molecule has 6 nitrogen and oxygen atoms in total. The summed E-state index contributed by atoms with van der Waals surface area (Å²) in [5, 5.41) is 10.2. The fraction of sp³-hybridized carbons (Fsp3) is 0.308. The third-order valence-corrected chi connectivity index (χ3v) is 3.23. The van der Waals surface area contributed by atoms with E-state index in [9.17, 15) is 4.79 Å². The molecule has 0 unspecified atom stereocenters. The molecule has 7 heteroatoms. The van der Waals surface area contributed by atoms with Crippen LogP contribution in [-0.4, -0.2) is 27.9 Å². The topological polar surface area (TPSA) is 93.9 Å². The Morgan fingerprint density at radius 1 is 1.45 bits per heavy atom. The number of carbonyl (C=O) groups excluding carboxylic acids is 1. The average molecular weight is 339 g/mol. The maximum absolute atomic E-state index is 11.4. The van der Waals surface area contributed by atoms with Gasteiger partial charge in [0.05, 0.1) is 6.61 Å². The van der Waals surface area contributed by atoms with Crippen LogP contribution >= 0.6 is 15.9 Å². The van der Waals surface area contributed by atoms with Gasteiger partial charge in [-0.3, -0.25) is 4.79 Å². The van der Waals surface area contributed by atoms with Gasteiger partial charge in [-0.25, -0.2) is 0 Å². The second kappa shape index (κ2) is 6.51. The van der Waals surface area contributed by atoms with Crippen molar-refractivity contribution in [1.82, 2.24) is 15.4 Å². The van der Waals surface area contributed by atoms with Gasteiger partial charge in [0, 0.05) is 10.0 Å². The van der Waals surface area contributed by atoms with Crippen LogP contribution in [0.3, 0.4) is 0 Å². The van der Waals surface area contributed by atoms with E-state index in [0.717, 1.165) is 17.3 Å². The molecule has 106 valence electrons. The van der Waals surface area contributed by atoms with E-state index in [1.807, 2.05) is 18.2 Å². The molecule has 20 heavy (non-hydrogen) atoms. The molecule has 0 radical (unpaired) electrons. The first kappa shape index (κ1) is 14.5. The zero-order valence-electron chi connectivity index (χ0n) is 11.0. The van der Waals surface area contributed by atoms with Crippen molar-refractivity contribution < 1.29 is 9.53 Å². The predicted molar refractivity (Wildman–Crippen MR) is 78.4 cm³/mol. The molecule has 1 heterocycles. The number of hydrogen-bond donors (Lipinski definition) is 2. The van der Waals surface area contributed by atoms with Gasteiger partial charge in [-0.1, -0.05) is 29.3 Å². The third-order valence-electron chi connectivity index (χ3n) is 2.73. The number of aromatic nitrogens is 3. The number of ether oxygens (including phenoxy) is 1. The summed E-state index contributed by atoms with van der Waals surface area (Å²) in [6.07, 6.45) is 2.00. The smallest absolute Gasteiger partial charge is 0.271 e. The lowest BCUT2D eigenvalue weighted by atomic mass is 10.1. The van der Waals surface area contributed by atoms with E-state index in [2.05, 4.69) is 38.3 Å². The maximum atomic E-state index is 11.4. The first-order chi connectivity index (χ1) is 9.63. The van der Waals surface area contributed by atoms with E-state index in [0.29, 0.717) is 23.6 Å². The molecule has 0 saturated carbocycles. The van der Waals surface area contributed by atoms with Crippen molar-refractivity contribution in [2.45, 2.75) is 19.8 Å². The molecule has 2 rings (SSSR count). The number of aromatic amines is 1. The van der Waals surface area contributed by atoms with Crippen molar-refractivity contribution in [1.29, 1.82) is 0 Å². The lowest BCUT2D eigenvalue weighted by Crippen LogP contribution is -2.13. The van der Waals surface area contributed by atoms with Gasteiger partial charge in [-0.15, -0.1) is 0 Å². The third kappa shape index (κ3) is 3.16. The highest BCUT2D eigenvalue weighted by molar-refractivity contribution is 9.10. The molecule has 1 aromatic carbocycles. The molecule has 1 aromatic heterocycles. The summed E-state index contributed by atoms with van der Waals surface area (Å²) in [4.78, 5) is 11.4. The molecule has 0 fully saturated rings. The first-order valence-electron chi connectivity index (χ1n) is 6.26. The largest absolute Gasteiger partial charge is 0.493 e. The number of unbranched alkanes of at least 4 members (excludes halogenated alkanes) is 1. The van der Waals surface area contributed by atoms with Gasteiger partial charge in [0.15, 0.2) is 5.69 Å². The number of nitrogens with one attached hydrogen (secondary N) is 1. The van der Waals surface area contributed by atoms with Crippen LogP contribution in [0.1, 0.15) is 30.3 Å². The summed E-state index contributed by atoms with van der Waals surface area (Å²) >= 11 is 3.40. The number of nitrogens with zero attached hydrogens (tertiary/aromatic N) is 2. The highest BCUT2D eigenvalue weighted by Gasteiger charge is 2.19. The van der Waals surface area contributed by atoms with Gasteiger partial charge >= 0.3 is 0 Å². The highest BCUT2D eigenvalue weighted by Crippen LogP contribution is 2.33. The average Bonchev–Trinajstić information content (AvgIpc) is 2.90. The quantitative estimate of drug-likeness (QED) is 0.791. The Balaban J connectivity index is 2.40. The number of benzene rings is 1. The molecule has 0 aliphatic heterocycles. The van der Waals surface area contributed by atoms with E-state index in [1.54, 1.807) is 0 Å². The molecule has 1 amide bonds. The van der Waals surface area contributed by atoms with E-state index < -0.39 is 5.91 Å². The van der Waals surface area contributed by atoms with Gasteiger partial charge in [0.1, 0.15) is 11.4 Å². The van der Waals surface area contributed by atoms with E-state index in [1.165, 1.54) is 0 Å². The van der Waals surface area contributed by atoms with Crippen molar-refractivity contribution >= 4 is 21.8 Å². The molecule has 0 atom stereocenters. The number of primary amides is 1. The van der Waals surface area contributed by atoms with Crippen LogP contribution in [-0.2, 0) is 0 Å². The van der Waals surface area contributed by atoms with Crippen molar-refractivity contribution in [2.24, 2.45) is 5.73 Å². The Kier molecular flexibility index (Phi) is 4.73. The van der Waals surface area contributed by atoms with Crippen LogP contribution in [0.25, 0.3) is 11.3 Å². The Morgan fingerprint density at radius 2 is 2.25 bits per heavy atom. The fourth-order valence-electron chi connectivity index (χ4n) is 1.73. The van der Waals surface area contributed by atoms with Crippen molar-refractivity contribution in [3.05, 3.63) is 28.4 Å². The van der Waals surface area contributed by atoms with Crippen LogP contribution in [0.15, 0.2) is 22.7 Å².